The standard InChI is InChI=1S/C14H9ClN2O3/c15-10-4-1-5-12(13(10)14(18)19)20-8-9-3-2-6-17-11(9)7-16/h1-6H,8H2,(H,18,19). The highest BCUT2D eigenvalue weighted by Gasteiger charge is 2.16. The van der Waals surface area contributed by atoms with Gasteiger partial charge in [0.05, 0.1) is 5.02 Å². The summed E-state index contributed by atoms with van der Waals surface area (Å²) in [5.41, 5.74) is 0.717. The molecule has 2 aromatic rings. The molecule has 0 aliphatic heterocycles. The second-order valence-electron chi connectivity index (χ2n) is 3.83. The fraction of sp³-hybridized carbons (Fsp3) is 0.0714. The predicted molar refractivity (Wildman–Crippen MR) is 71.7 cm³/mol. The molecule has 5 nitrogen and oxygen atoms in total. The molecule has 0 atom stereocenters. The van der Waals surface area contributed by atoms with Gasteiger partial charge in [-0.1, -0.05) is 23.7 Å². The third-order valence-electron chi connectivity index (χ3n) is 2.57. The zero-order valence-corrected chi connectivity index (χ0v) is 11.0. The molecule has 0 unspecified atom stereocenters. The minimum Gasteiger partial charge on any atom is -0.488 e. The van der Waals surface area contributed by atoms with E-state index < -0.39 is 5.97 Å². The maximum Gasteiger partial charge on any atom is 0.341 e. The van der Waals surface area contributed by atoms with Gasteiger partial charge in [-0.2, -0.15) is 5.26 Å². The molecule has 1 heterocycles. The van der Waals surface area contributed by atoms with Crippen molar-refractivity contribution in [2.45, 2.75) is 6.61 Å². The van der Waals surface area contributed by atoms with Crippen molar-refractivity contribution in [1.29, 1.82) is 5.26 Å². The van der Waals surface area contributed by atoms with Gasteiger partial charge in [0.15, 0.2) is 0 Å². The van der Waals surface area contributed by atoms with Gasteiger partial charge in [-0.25, -0.2) is 9.78 Å². The minimum atomic E-state index is -1.17. The number of benzene rings is 1. The SMILES string of the molecule is N#Cc1ncccc1COc1cccc(Cl)c1C(=O)O. The Bertz CT molecular complexity index is 695. The number of pyridine rings is 1. The summed E-state index contributed by atoms with van der Waals surface area (Å²) in [7, 11) is 0. The summed E-state index contributed by atoms with van der Waals surface area (Å²) in [5, 5.41) is 18.1. The molecular formula is C14H9ClN2O3. The summed E-state index contributed by atoms with van der Waals surface area (Å²) < 4.78 is 5.45. The molecule has 0 fully saturated rings. The summed E-state index contributed by atoms with van der Waals surface area (Å²) in [4.78, 5) is 15.0. The van der Waals surface area contributed by atoms with Crippen LogP contribution in [-0.4, -0.2) is 16.1 Å². The first-order valence-corrected chi connectivity index (χ1v) is 6.00. The Balaban J connectivity index is 2.26. The van der Waals surface area contributed by atoms with Crippen LogP contribution < -0.4 is 4.74 Å². The quantitative estimate of drug-likeness (QED) is 0.935. The predicted octanol–water partition coefficient (Wildman–Crippen LogP) is 2.88. The van der Waals surface area contributed by atoms with Crippen LogP contribution in [0.4, 0.5) is 0 Å². The largest absolute Gasteiger partial charge is 0.488 e. The molecule has 100 valence electrons. The number of carboxylic acid groups (broad SMARTS) is 1. The Morgan fingerprint density at radius 2 is 2.20 bits per heavy atom. The molecule has 0 saturated carbocycles. The number of nitrogens with zero attached hydrogens (tertiary/aromatic N) is 2. The number of hydrogen-bond donors (Lipinski definition) is 1. The highest BCUT2D eigenvalue weighted by atomic mass is 35.5. The first kappa shape index (κ1) is 13.8. The average molecular weight is 289 g/mol. The van der Waals surface area contributed by atoms with Gasteiger partial charge in [-0.05, 0) is 18.2 Å². The summed E-state index contributed by atoms with van der Waals surface area (Å²) >= 11 is 5.84. The van der Waals surface area contributed by atoms with Gasteiger partial charge in [0.25, 0.3) is 0 Å². The number of nitriles is 1. The van der Waals surface area contributed by atoms with Crippen LogP contribution >= 0.6 is 11.6 Å². The van der Waals surface area contributed by atoms with E-state index in [2.05, 4.69) is 4.98 Å². The van der Waals surface area contributed by atoms with Crippen LogP contribution in [0.2, 0.25) is 5.02 Å². The van der Waals surface area contributed by atoms with Crippen molar-refractivity contribution in [1.82, 2.24) is 4.98 Å². The zero-order valence-electron chi connectivity index (χ0n) is 10.2. The van der Waals surface area contributed by atoms with Gasteiger partial charge in [-0.3, -0.25) is 0 Å². The maximum absolute atomic E-state index is 11.1. The van der Waals surface area contributed by atoms with Crippen molar-refractivity contribution < 1.29 is 14.6 Å². The number of halogens is 1. The van der Waals surface area contributed by atoms with Crippen LogP contribution in [-0.2, 0) is 6.61 Å². The van der Waals surface area contributed by atoms with Crippen molar-refractivity contribution >= 4 is 17.6 Å². The number of aromatic carboxylic acids is 1. The lowest BCUT2D eigenvalue weighted by atomic mass is 10.2. The number of carboxylic acids is 1. The molecule has 1 N–H and O–H groups in total. The van der Waals surface area contributed by atoms with Crippen molar-refractivity contribution in [2.75, 3.05) is 0 Å². The topological polar surface area (TPSA) is 83.2 Å². The van der Waals surface area contributed by atoms with Gasteiger partial charge in [-0.15, -0.1) is 0 Å². The highest BCUT2D eigenvalue weighted by molar-refractivity contribution is 6.33. The molecule has 2 rings (SSSR count). The van der Waals surface area contributed by atoms with E-state index in [1.807, 2.05) is 6.07 Å². The Kier molecular flexibility index (Phi) is 4.18. The molecule has 1 aromatic heterocycles. The smallest absolute Gasteiger partial charge is 0.341 e. The second kappa shape index (κ2) is 6.04. The Labute approximate surface area is 120 Å². The maximum atomic E-state index is 11.1. The average Bonchev–Trinajstić information content (AvgIpc) is 2.45. The van der Waals surface area contributed by atoms with Crippen LogP contribution in [0.5, 0.6) is 5.75 Å². The van der Waals surface area contributed by atoms with Crippen molar-refractivity contribution in [3.8, 4) is 11.8 Å². The van der Waals surface area contributed by atoms with Crippen molar-refractivity contribution in [2.24, 2.45) is 0 Å². The number of carbonyl (C=O) groups is 1. The first-order valence-electron chi connectivity index (χ1n) is 5.62. The molecule has 0 spiro atoms. The van der Waals surface area contributed by atoms with E-state index in [1.165, 1.54) is 18.3 Å². The van der Waals surface area contributed by atoms with E-state index in [1.54, 1.807) is 18.2 Å². The van der Waals surface area contributed by atoms with Crippen LogP contribution in [0.25, 0.3) is 0 Å². The number of hydrogen-bond acceptors (Lipinski definition) is 4. The van der Waals surface area contributed by atoms with Gasteiger partial charge in [0, 0.05) is 11.8 Å². The summed E-state index contributed by atoms with van der Waals surface area (Å²) in [5.74, 6) is -1.02. The van der Waals surface area contributed by atoms with E-state index in [9.17, 15) is 4.79 Å². The molecule has 0 radical (unpaired) electrons. The molecule has 0 aliphatic carbocycles. The van der Waals surface area contributed by atoms with Crippen molar-refractivity contribution in [3.05, 3.63) is 58.4 Å². The van der Waals surface area contributed by atoms with Crippen molar-refractivity contribution in [3.63, 3.8) is 0 Å². The molecule has 20 heavy (non-hydrogen) atoms. The zero-order chi connectivity index (χ0) is 14.5. The van der Waals surface area contributed by atoms with Gasteiger partial charge >= 0.3 is 5.97 Å². The Morgan fingerprint density at radius 1 is 1.40 bits per heavy atom. The van der Waals surface area contributed by atoms with Crippen LogP contribution in [0.3, 0.4) is 0 Å². The monoisotopic (exact) mass is 288 g/mol. The van der Waals surface area contributed by atoms with Crippen LogP contribution in [0, 0.1) is 11.3 Å². The fourth-order valence-electron chi connectivity index (χ4n) is 1.64. The van der Waals surface area contributed by atoms with E-state index in [0.29, 0.717) is 5.56 Å². The van der Waals surface area contributed by atoms with E-state index >= 15 is 0 Å². The molecule has 0 amide bonds. The Morgan fingerprint density at radius 3 is 2.90 bits per heavy atom. The van der Waals surface area contributed by atoms with Crippen LogP contribution in [0.15, 0.2) is 36.5 Å². The van der Waals surface area contributed by atoms with Crippen LogP contribution in [0.1, 0.15) is 21.6 Å². The Hall–Kier alpha value is -2.58. The van der Waals surface area contributed by atoms with Gasteiger partial charge in [0.1, 0.15) is 29.7 Å². The molecule has 0 saturated heterocycles. The summed E-state index contributed by atoms with van der Waals surface area (Å²) in [6, 6.07) is 9.90. The molecule has 1 aromatic carbocycles. The first-order chi connectivity index (χ1) is 9.63. The summed E-state index contributed by atoms with van der Waals surface area (Å²) in [6.45, 7) is 0.0390. The van der Waals surface area contributed by atoms with Gasteiger partial charge < -0.3 is 9.84 Å². The molecule has 0 aliphatic rings. The highest BCUT2D eigenvalue weighted by Crippen LogP contribution is 2.27. The number of rotatable bonds is 4. The fourth-order valence-corrected chi connectivity index (χ4v) is 1.89. The minimum absolute atomic E-state index is 0.0390. The normalized spacial score (nSPS) is 9.80. The van der Waals surface area contributed by atoms with Gasteiger partial charge in [0.2, 0.25) is 0 Å². The lowest BCUT2D eigenvalue weighted by molar-refractivity contribution is 0.0692. The molecule has 0 bridgehead atoms. The number of ether oxygens (including phenoxy) is 1. The lowest BCUT2D eigenvalue weighted by Gasteiger charge is -2.10. The van der Waals surface area contributed by atoms with E-state index in [0.717, 1.165) is 0 Å². The van der Waals surface area contributed by atoms with E-state index in [4.69, 9.17) is 26.7 Å². The third kappa shape index (κ3) is 2.87. The number of aromatic nitrogens is 1. The lowest BCUT2D eigenvalue weighted by Crippen LogP contribution is -2.05. The molecular weight excluding hydrogens is 280 g/mol. The second-order valence-corrected chi connectivity index (χ2v) is 4.24. The molecule has 6 heteroatoms. The summed E-state index contributed by atoms with van der Waals surface area (Å²) in [6.07, 6.45) is 1.50. The third-order valence-corrected chi connectivity index (χ3v) is 2.88. The van der Waals surface area contributed by atoms with E-state index in [-0.39, 0.29) is 28.6 Å².